The lowest BCUT2D eigenvalue weighted by molar-refractivity contribution is -0.136. The van der Waals surface area contributed by atoms with Crippen LogP contribution < -0.4 is 0 Å². The molecule has 5 aromatic rings. The zero-order valence-corrected chi connectivity index (χ0v) is 16.3. The fraction of sp³-hybridized carbons (Fsp3) is 0.0833. The van der Waals surface area contributed by atoms with Crippen LogP contribution in [-0.4, -0.2) is 31.0 Å². The van der Waals surface area contributed by atoms with Gasteiger partial charge in [-0.2, -0.15) is 0 Å². The number of nitrogens with one attached hydrogen (secondary N) is 1. The minimum Gasteiger partial charge on any atom is -0.481 e. The van der Waals surface area contributed by atoms with E-state index in [-0.39, 0.29) is 6.42 Å². The van der Waals surface area contributed by atoms with Crippen molar-refractivity contribution in [2.45, 2.75) is 12.8 Å². The number of rotatable bonds is 5. The number of aromatic amines is 1. The van der Waals surface area contributed by atoms with E-state index in [0.717, 1.165) is 27.7 Å². The zero-order valence-electron chi connectivity index (χ0n) is 16.3. The van der Waals surface area contributed by atoms with E-state index in [1.165, 1.54) is 6.20 Å². The monoisotopic (exact) mass is 412 g/mol. The van der Waals surface area contributed by atoms with E-state index in [0.29, 0.717) is 28.6 Å². The molecule has 4 aromatic heterocycles. The van der Waals surface area contributed by atoms with Gasteiger partial charge in [-0.05, 0) is 35.7 Å². The predicted octanol–water partition coefficient (Wildman–Crippen LogP) is 5.00. The van der Waals surface area contributed by atoms with Crippen LogP contribution in [0.5, 0.6) is 0 Å². The largest absolute Gasteiger partial charge is 0.481 e. The van der Waals surface area contributed by atoms with Gasteiger partial charge < -0.3 is 10.1 Å². The Hall–Kier alpha value is -4.13. The molecule has 0 aliphatic heterocycles. The van der Waals surface area contributed by atoms with Crippen LogP contribution in [0.4, 0.5) is 4.39 Å². The third kappa shape index (κ3) is 3.50. The number of benzene rings is 1. The summed E-state index contributed by atoms with van der Waals surface area (Å²) in [7, 11) is 0. The maximum absolute atomic E-state index is 15.0. The average molecular weight is 412 g/mol. The van der Waals surface area contributed by atoms with Crippen molar-refractivity contribution >= 4 is 27.9 Å². The smallest absolute Gasteiger partial charge is 0.303 e. The molecular formula is C24H17FN4O2. The number of hydrogen-bond acceptors (Lipinski definition) is 4. The number of aryl methyl sites for hydroxylation is 1. The Kier molecular flexibility index (Phi) is 4.63. The van der Waals surface area contributed by atoms with Gasteiger partial charge in [-0.1, -0.05) is 24.3 Å². The molecule has 0 saturated carbocycles. The predicted molar refractivity (Wildman–Crippen MR) is 116 cm³/mol. The van der Waals surface area contributed by atoms with Crippen LogP contribution in [-0.2, 0) is 11.2 Å². The molecule has 0 amide bonds. The third-order valence-corrected chi connectivity index (χ3v) is 5.29. The van der Waals surface area contributed by atoms with Crippen molar-refractivity contribution in [3.05, 3.63) is 78.6 Å². The number of carbonyl (C=O) groups is 1. The SMILES string of the molecule is O=C(O)CCc1ccc(-c2c(F)cnc3[nH]c4cnc(-c5cccnc5)cc4c23)cc1. The van der Waals surface area contributed by atoms with Gasteiger partial charge in [0, 0.05) is 40.7 Å². The molecule has 0 aliphatic carbocycles. The molecule has 0 bridgehead atoms. The molecule has 0 radical (unpaired) electrons. The van der Waals surface area contributed by atoms with Crippen LogP contribution in [0.15, 0.2) is 67.3 Å². The van der Waals surface area contributed by atoms with Gasteiger partial charge in [-0.25, -0.2) is 9.37 Å². The Balaban J connectivity index is 1.67. The summed E-state index contributed by atoms with van der Waals surface area (Å²) in [4.78, 5) is 26.9. The molecule has 152 valence electrons. The highest BCUT2D eigenvalue weighted by atomic mass is 19.1. The summed E-state index contributed by atoms with van der Waals surface area (Å²) in [6.07, 6.45) is 6.84. The average Bonchev–Trinajstić information content (AvgIpc) is 3.16. The van der Waals surface area contributed by atoms with Crippen LogP contribution in [0.25, 0.3) is 44.3 Å². The van der Waals surface area contributed by atoms with Gasteiger partial charge in [0.15, 0.2) is 0 Å². The lowest BCUT2D eigenvalue weighted by Gasteiger charge is -2.08. The zero-order chi connectivity index (χ0) is 21.4. The number of aromatic nitrogens is 4. The number of H-pyrrole nitrogens is 1. The summed E-state index contributed by atoms with van der Waals surface area (Å²) < 4.78 is 15.0. The number of nitrogens with zero attached hydrogens (tertiary/aromatic N) is 3. The quantitative estimate of drug-likeness (QED) is 0.424. The third-order valence-electron chi connectivity index (χ3n) is 5.29. The van der Waals surface area contributed by atoms with E-state index in [9.17, 15) is 4.79 Å². The van der Waals surface area contributed by atoms with Crippen LogP contribution in [0.1, 0.15) is 12.0 Å². The molecule has 1 aromatic carbocycles. The molecular weight excluding hydrogens is 395 g/mol. The number of fused-ring (bicyclic) bond motifs is 3. The van der Waals surface area contributed by atoms with Crippen LogP contribution in [0.3, 0.4) is 0 Å². The summed E-state index contributed by atoms with van der Waals surface area (Å²) >= 11 is 0. The van der Waals surface area contributed by atoms with Gasteiger partial charge in [-0.15, -0.1) is 0 Å². The van der Waals surface area contributed by atoms with Crippen molar-refractivity contribution in [2.75, 3.05) is 0 Å². The summed E-state index contributed by atoms with van der Waals surface area (Å²) in [6, 6.07) is 13.0. The fourth-order valence-electron chi connectivity index (χ4n) is 3.78. The van der Waals surface area contributed by atoms with E-state index < -0.39 is 11.8 Å². The second kappa shape index (κ2) is 7.60. The van der Waals surface area contributed by atoms with Gasteiger partial charge in [0.1, 0.15) is 11.5 Å². The summed E-state index contributed by atoms with van der Waals surface area (Å²) in [5.41, 5.74) is 4.98. The summed E-state index contributed by atoms with van der Waals surface area (Å²) in [5, 5.41) is 10.4. The van der Waals surface area contributed by atoms with Crippen molar-refractivity contribution < 1.29 is 14.3 Å². The molecule has 31 heavy (non-hydrogen) atoms. The van der Waals surface area contributed by atoms with E-state index >= 15 is 4.39 Å². The first-order valence-corrected chi connectivity index (χ1v) is 9.77. The Morgan fingerprint density at radius 2 is 1.87 bits per heavy atom. The molecule has 0 unspecified atom stereocenters. The first kappa shape index (κ1) is 18.9. The lowest BCUT2D eigenvalue weighted by Crippen LogP contribution is -1.97. The number of pyridine rings is 3. The van der Waals surface area contributed by atoms with E-state index in [2.05, 4.69) is 19.9 Å². The molecule has 6 nitrogen and oxygen atoms in total. The van der Waals surface area contributed by atoms with Gasteiger partial charge in [0.2, 0.25) is 0 Å². The number of carboxylic acids is 1. The molecule has 0 aliphatic rings. The van der Waals surface area contributed by atoms with Crippen LogP contribution in [0.2, 0.25) is 0 Å². The Bertz CT molecular complexity index is 1410. The second-order valence-corrected chi connectivity index (χ2v) is 7.28. The maximum Gasteiger partial charge on any atom is 0.303 e. The highest BCUT2D eigenvalue weighted by Crippen LogP contribution is 2.36. The van der Waals surface area contributed by atoms with Crippen molar-refractivity contribution in [3.8, 4) is 22.4 Å². The van der Waals surface area contributed by atoms with Crippen LogP contribution in [0, 0.1) is 5.82 Å². The Morgan fingerprint density at radius 1 is 1.03 bits per heavy atom. The second-order valence-electron chi connectivity index (χ2n) is 7.28. The molecule has 0 fully saturated rings. The van der Waals surface area contributed by atoms with Gasteiger partial charge in [0.05, 0.1) is 23.6 Å². The first-order valence-electron chi connectivity index (χ1n) is 9.77. The van der Waals surface area contributed by atoms with Crippen molar-refractivity contribution in [2.24, 2.45) is 0 Å². The Morgan fingerprint density at radius 3 is 2.61 bits per heavy atom. The topological polar surface area (TPSA) is 91.8 Å². The van der Waals surface area contributed by atoms with Crippen LogP contribution >= 0.6 is 0 Å². The number of aliphatic carboxylic acids is 1. The first-order chi connectivity index (χ1) is 15.1. The van der Waals surface area contributed by atoms with Gasteiger partial charge in [-0.3, -0.25) is 14.8 Å². The molecule has 0 saturated heterocycles. The molecule has 5 rings (SSSR count). The highest BCUT2D eigenvalue weighted by molar-refractivity contribution is 6.13. The molecule has 4 heterocycles. The van der Waals surface area contributed by atoms with E-state index in [1.54, 1.807) is 18.6 Å². The van der Waals surface area contributed by atoms with E-state index in [1.807, 2.05) is 42.5 Å². The highest BCUT2D eigenvalue weighted by Gasteiger charge is 2.17. The molecule has 0 spiro atoms. The summed E-state index contributed by atoms with van der Waals surface area (Å²) in [6.45, 7) is 0. The number of halogens is 1. The lowest BCUT2D eigenvalue weighted by atomic mass is 9.98. The van der Waals surface area contributed by atoms with Gasteiger partial charge >= 0.3 is 5.97 Å². The minimum absolute atomic E-state index is 0.0553. The molecule has 2 N–H and O–H groups in total. The molecule has 0 atom stereocenters. The maximum atomic E-state index is 15.0. The number of carboxylic acid groups (broad SMARTS) is 1. The van der Waals surface area contributed by atoms with E-state index in [4.69, 9.17) is 5.11 Å². The number of hydrogen-bond donors (Lipinski definition) is 2. The fourth-order valence-corrected chi connectivity index (χ4v) is 3.78. The normalized spacial score (nSPS) is 11.3. The van der Waals surface area contributed by atoms with Crippen molar-refractivity contribution in [1.82, 2.24) is 19.9 Å². The van der Waals surface area contributed by atoms with Gasteiger partial charge in [0.25, 0.3) is 0 Å². The summed E-state index contributed by atoms with van der Waals surface area (Å²) in [5.74, 6) is -1.27. The standard InChI is InChI=1S/C24H17FN4O2/c25-18-12-28-24-23(22(18)15-6-3-14(4-7-15)5-8-21(30)31)17-10-19(27-13-20(17)29-24)16-2-1-9-26-11-16/h1-4,6-7,9-13H,5,8H2,(H,28,29)(H,30,31). The van der Waals surface area contributed by atoms with Crippen molar-refractivity contribution in [3.63, 3.8) is 0 Å². The minimum atomic E-state index is -0.845. The van der Waals surface area contributed by atoms with Crippen molar-refractivity contribution in [1.29, 1.82) is 0 Å². The molecule has 7 heteroatoms. The Labute approximate surface area is 176 Å².